The van der Waals surface area contributed by atoms with Gasteiger partial charge in [0.1, 0.15) is 16.6 Å². The van der Waals surface area contributed by atoms with Crippen LogP contribution in [0.3, 0.4) is 0 Å². The van der Waals surface area contributed by atoms with E-state index in [1.54, 1.807) is 0 Å². The molecule has 8 heteroatoms. The maximum atomic E-state index is 6.45. The Morgan fingerprint density at radius 3 is 1.55 bits per heavy atom. The lowest BCUT2D eigenvalue weighted by molar-refractivity contribution is 0.574. The van der Waals surface area contributed by atoms with Crippen molar-refractivity contribution in [3.63, 3.8) is 0 Å². The van der Waals surface area contributed by atoms with Gasteiger partial charge in [0.25, 0.3) is 0 Å². The van der Waals surface area contributed by atoms with Crippen molar-refractivity contribution in [2.24, 2.45) is 0 Å². The molecule has 0 spiro atoms. The summed E-state index contributed by atoms with van der Waals surface area (Å²) in [6.07, 6.45) is 0. The molecule has 0 radical (unpaired) electrons. The molecule has 4 heterocycles. The minimum absolute atomic E-state index is 0.497. The molecule has 0 atom stereocenters. The number of rotatable bonds is 6. The molecule has 0 N–H and O–H groups in total. The molecule has 250 valence electrons. The number of nitrogens with zero attached hydrogens (tertiary/aromatic N) is 5. The Morgan fingerprint density at radius 2 is 0.906 bits per heavy atom. The summed E-state index contributed by atoms with van der Waals surface area (Å²) in [6, 6.07) is 55.3. The minimum Gasteiger partial charge on any atom is -0.436 e. The highest BCUT2D eigenvalue weighted by molar-refractivity contribution is 6.09. The van der Waals surface area contributed by atoms with Gasteiger partial charge in [0.05, 0.1) is 11.0 Å². The SMILES string of the molecule is c1ccc(-c2nc3ccc(N(c4ccccc4)c4ccc5nc(-c6ccc7nc(-n8c9ccccc9c9ccccc98)oc7c6)oc5c4)cc3o2)cc1. The first-order valence-electron chi connectivity index (χ1n) is 17.3. The fraction of sp³-hybridized carbons (Fsp3) is 0. The normalized spacial score (nSPS) is 11.8. The lowest BCUT2D eigenvalue weighted by Crippen LogP contribution is -2.09. The molecule has 11 aromatic rings. The Morgan fingerprint density at radius 1 is 0.396 bits per heavy atom. The van der Waals surface area contributed by atoms with Gasteiger partial charge in [-0.05, 0) is 78.9 Å². The molecule has 11 rings (SSSR count). The zero-order valence-corrected chi connectivity index (χ0v) is 28.0. The number of hydrogen-bond donors (Lipinski definition) is 0. The third-order valence-corrected chi connectivity index (χ3v) is 9.69. The largest absolute Gasteiger partial charge is 0.436 e. The molecule has 0 aliphatic rings. The third-order valence-electron chi connectivity index (χ3n) is 9.69. The molecule has 4 aromatic heterocycles. The fourth-order valence-corrected chi connectivity index (χ4v) is 7.23. The summed E-state index contributed by atoms with van der Waals surface area (Å²) in [5, 5.41) is 2.30. The summed E-state index contributed by atoms with van der Waals surface area (Å²) in [4.78, 5) is 16.7. The molecule has 0 saturated heterocycles. The molecule has 0 amide bonds. The second kappa shape index (κ2) is 11.5. The van der Waals surface area contributed by atoms with Crippen molar-refractivity contribution in [1.29, 1.82) is 0 Å². The topological polar surface area (TPSA) is 86.3 Å². The van der Waals surface area contributed by atoms with Gasteiger partial charge in [-0.1, -0.05) is 72.8 Å². The number of para-hydroxylation sites is 3. The number of fused-ring (bicyclic) bond motifs is 6. The molecule has 8 nitrogen and oxygen atoms in total. The van der Waals surface area contributed by atoms with Gasteiger partial charge >= 0.3 is 6.01 Å². The van der Waals surface area contributed by atoms with Crippen LogP contribution < -0.4 is 4.90 Å². The second-order valence-corrected chi connectivity index (χ2v) is 12.9. The molecule has 0 unspecified atom stereocenters. The summed E-state index contributed by atoms with van der Waals surface area (Å²) in [6.45, 7) is 0. The zero-order chi connectivity index (χ0) is 34.9. The van der Waals surface area contributed by atoms with Crippen LogP contribution in [0.1, 0.15) is 0 Å². The van der Waals surface area contributed by atoms with E-state index in [9.17, 15) is 0 Å². The number of anilines is 3. The Labute approximate surface area is 301 Å². The van der Waals surface area contributed by atoms with E-state index in [4.69, 9.17) is 28.2 Å². The van der Waals surface area contributed by atoms with Gasteiger partial charge in [-0.3, -0.25) is 4.57 Å². The van der Waals surface area contributed by atoms with E-state index in [1.807, 2.05) is 103 Å². The zero-order valence-electron chi connectivity index (χ0n) is 28.0. The molecule has 0 bridgehead atoms. The molecular formula is C45H27N5O3. The standard InChI is InChI=1S/C45H27N5O3/c1-3-11-28(12-4-1)43-46-35-23-20-31(26-41(35)51-43)49(30-13-5-2-6-14-30)32-21-24-36-42(27-32)52-44(47-36)29-19-22-37-40(25-29)53-45(48-37)50-38-17-9-7-15-33(38)34-16-8-10-18-39(34)50/h1-27H. The van der Waals surface area contributed by atoms with Crippen LogP contribution in [0, 0.1) is 0 Å². The maximum Gasteiger partial charge on any atom is 0.307 e. The van der Waals surface area contributed by atoms with Crippen molar-refractivity contribution >= 4 is 72.2 Å². The van der Waals surface area contributed by atoms with Crippen LogP contribution in [-0.2, 0) is 0 Å². The van der Waals surface area contributed by atoms with Crippen LogP contribution >= 0.6 is 0 Å². The Balaban J connectivity index is 0.973. The van der Waals surface area contributed by atoms with E-state index in [1.165, 1.54) is 0 Å². The molecule has 0 fully saturated rings. The fourth-order valence-electron chi connectivity index (χ4n) is 7.23. The molecule has 0 aliphatic heterocycles. The molecule has 53 heavy (non-hydrogen) atoms. The van der Waals surface area contributed by atoms with Gasteiger partial charge in [-0.25, -0.2) is 9.97 Å². The highest BCUT2D eigenvalue weighted by atomic mass is 16.4. The van der Waals surface area contributed by atoms with Crippen molar-refractivity contribution < 1.29 is 13.3 Å². The maximum absolute atomic E-state index is 6.45. The van der Waals surface area contributed by atoms with Gasteiger partial charge in [-0.15, -0.1) is 0 Å². The first kappa shape index (κ1) is 29.3. The van der Waals surface area contributed by atoms with Crippen molar-refractivity contribution in [3.05, 3.63) is 164 Å². The third kappa shape index (κ3) is 4.81. The van der Waals surface area contributed by atoms with Gasteiger partial charge in [-0.2, -0.15) is 4.98 Å². The quantitative estimate of drug-likeness (QED) is 0.172. The average Bonchev–Trinajstić information content (AvgIpc) is 4.01. The van der Waals surface area contributed by atoms with E-state index >= 15 is 0 Å². The van der Waals surface area contributed by atoms with Gasteiger partial charge in [0.15, 0.2) is 16.7 Å². The van der Waals surface area contributed by atoms with Gasteiger partial charge in [0, 0.05) is 51.1 Å². The number of aromatic nitrogens is 4. The van der Waals surface area contributed by atoms with Crippen molar-refractivity contribution in [3.8, 4) is 28.9 Å². The summed E-state index contributed by atoms with van der Waals surface area (Å²) in [7, 11) is 0. The summed E-state index contributed by atoms with van der Waals surface area (Å²) < 4.78 is 21.2. The predicted octanol–water partition coefficient (Wildman–Crippen LogP) is 12.0. The summed E-state index contributed by atoms with van der Waals surface area (Å²) >= 11 is 0. The van der Waals surface area contributed by atoms with Crippen LogP contribution in [0.15, 0.2) is 177 Å². The lowest BCUT2D eigenvalue weighted by Gasteiger charge is -2.25. The first-order chi connectivity index (χ1) is 26.2. The van der Waals surface area contributed by atoms with Crippen molar-refractivity contribution in [2.45, 2.75) is 0 Å². The highest BCUT2D eigenvalue weighted by Crippen LogP contribution is 2.39. The average molecular weight is 686 g/mol. The number of oxazole rings is 3. The monoisotopic (exact) mass is 685 g/mol. The van der Waals surface area contributed by atoms with E-state index in [0.717, 1.165) is 66.5 Å². The van der Waals surface area contributed by atoms with Gasteiger partial charge in [0.2, 0.25) is 11.8 Å². The highest BCUT2D eigenvalue weighted by Gasteiger charge is 2.20. The number of benzene rings is 7. The van der Waals surface area contributed by atoms with E-state index in [2.05, 4.69) is 70.1 Å². The van der Waals surface area contributed by atoms with Gasteiger partial charge < -0.3 is 18.2 Å². The molecule has 0 saturated carbocycles. The van der Waals surface area contributed by atoms with Crippen LogP contribution in [0.2, 0.25) is 0 Å². The number of hydrogen-bond acceptors (Lipinski definition) is 7. The summed E-state index contributed by atoms with van der Waals surface area (Å²) in [5.41, 5.74) is 10.9. The molecule has 7 aromatic carbocycles. The Bertz CT molecular complexity index is 3090. The Hall–Kier alpha value is -7.45. The van der Waals surface area contributed by atoms with E-state index in [0.29, 0.717) is 34.5 Å². The Kier molecular flexibility index (Phi) is 6.38. The minimum atomic E-state index is 0.497. The smallest absolute Gasteiger partial charge is 0.307 e. The predicted molar refractivity (Wildman–Crippen MR) is 209 cm³/mol. The van der Waals surface area contributed by atoms with Crippen molar-refractivity contribution in [1.82, 2.24) is 19.5 Å². The van der Waals surface area contributed by atoms with E-state index < -0.39 is 0 Å². The second-order valence-electron chi connectivity index (χ2n) is 12.9. The van der Waals surface area contributed by atoms with Crippen molar-refractivity contribution in [2.75, 3.05) is 4.90 Å². The van der Waals surface area contributed by atoms with Crippen LogP contribution in [0.4, 0.5) is 17.1 Å². The van der Waals surface area contributed by atoms with Crippen LogP contribution in [0.25, 0.3) is 84.0 Å². The molecular weight excluding hydrogens is 659 g/mol. The lowest BCUT2D eigenvalue weighted by atomic mass is 10.1. The molecule has 0 aliphatic carbocycles. The van der Waals surface area contributed by atoms with Crippen LogP contribution in [-0.4, -0.2) is 19.5 Å². The first-order valence-corrected chi connectivity index (χ1v) is 17.3. The van der Waals surface area contributed by atoms with Crippen LogP contribution in [0.5, 0.6) is 0 Å². The van der Waals surface area contributed by atoms with E-state index in [-0.39, 0.29) is 0 Å². The summed E-state index contributed by atoms with van der Waals surface area (Å²) in [5.74, 6) is 1.09.